The van der Waals surface area contributed by atoms with Gasteiger partial charge >= 0.3 is 0 Å². The molecule has 0 rings (SSSR count). The van der Waals surface area contributed by atoms with Crippen LogP contribution < -0.4 is 5.11 Å². The van der Waals surface area contributed by atoms with Gasteiger partial charge in [-0.25, -0.2) is 0 Å². The quantitative estimate of drug-likeness (QED) is 0.242. The maximum atomic E-state index is 9.46. The van der Waals surface area contributed by atoms with Gasteiger partial charge in [-0.2, -0.15) is 4.90 Å². The second-order valence-corrected chi connectivity index (χ2v) is 1.04. The minimum atomic E-state index is -1.44. The van der Waals surface area contributed by atoms with Gasteiger partial charge in [0.2, 0.25) is 0 Å². The highest BCUT2D eigenvalue weighted by Crippen LogP contribution is 1.67. The summed E-state index contributed by atoms with van der Waals surface area (Å²) in [6.45, 7) is 0. The SMILES string of the molecule is O=C([O-])CC=[N+]([O-])[O-]. The van der Waals surface area contributed by atoms with Crippen LogP contribution in [0.3, 0.4) is 0 Å². The van der Waals surface area contributed by atoms with E-state index in [0.717, 1.165) is 0 Å². The largest absolute Gasteiger partial charge is 0.613 e. The average Bonchev–Trinajstić information content (AvgIpc) is 1.61. The fourth-order valence-corrected chi connectivity index (χ4v) is 0.149. The van der Waals surface area contributed by atoms with E-state index >= 15 is 0 Å². The van der Waals surface area contributed by atoms with Crippen molar-refractivity contribution in [2.75, 3.05) is 0 Å². The minimum absolute atomic E-state index is 0.426. The van der Waals surface area contributed by atoms with E-state index in [1.54, 1.807) is 0 Å². The highest BCUT2D eigenvalue weighted by Gasteiger charge is 1.80. The number of carbonyl (C=O) groups is 1. The number of hydrogen-bond donors (Lipinski definition) is 0. The molecule has 0 spiro atoms. The normalized spacial score (nSPS) is 8.00. The van der Waals surface area contributed by atoms with E-state index in [1.807, 2.05) is 0 Å². The van der Waals surface area contributed by atoms with Gasteiger partial charge in [-0.15, -0.1) is 0 Å². The Kier molecular flexibility index (Phi) is 2.39. The molecule has 46 valence electrons. The Morgan fingerprint density at radius 3 is 2.25 bits per heavy atom. The molecule has 0 fully saturated rings. The molecule has 5 nitrogen and oxygen atoms in total. The highest BCUT2D eigenvalue weighted by molar-refractivity contribution is 5.81. The third-order valence-electron chi connectivity index (χ3n) is 0.407. The molecule has 0 heterocycles. The van der Waals surface area contributed by atoms with Crippen molar-refractivity contribution in [1.29, 1.82) is 0 Å². The lowest BCUT2D eigenvalue weighted by Gasteiger charge is -2.01. The summed E-state index contributed by atoms with van der Waals surface area (Å²) < 4.78 is 0. The van der Waals surface area contributed by atoms with Crippen LogP contribution in [-0.2, 0) is 4.79 Å². The molecule has 0 atom stereocenters. The van der Waals surface area contributed by atoms with Crippen molar-refractivity contribution in [2.24, 2.45) is 0 Å². The first-order valence-corrected chi connectivity index (χ1v) is 1.79. The lowest BCUT2D eigenvalue weighted by atomic mass is 10.5. The van der Waals surface area contributed by atoms with Crippen LogP contribution in [0.5, 0.6) is 0 Å². The van der Waals surface area contributed by atoms with Crippen LogP contribution in [0.25, 0.3) is 0 Å². The van der Waals surface area contributed by atoms with E-state index in [4.69, 9.17) is 0 Å². The predicted molar refractivity (Wildman–Crippen MR) is 22.7 cm³/mol. The minimum Gasteiger partial charge on any atom is -0.613 e. The van der Waals surface area contributed by atoms with E-state index in [1.165, 1.54) is 0 Å². The fourth-order valence-electron chi connectivity index (χ4n) is 0.149. The summed E-state index contributed by atoms with van der Waals surface area (Å²) in [5.41, 5.74) is 0. The van der Waals surface area contributed by atoms with Gasteiger partial charge in [0, 0.05) is 0 Å². The van der Waals surface area contributed by atoms with Gasteiger partial charge < -0.3 is 20.3 Å². The summed E-state index contributed by atoms with van der Waals surface area (Å²) >= 11 is 0. The van der Waals surface area contributed by atoms with Crippen molar-refractivity contribution in [3.05, 3.63) is 10.4 Å². The summed E-state index contributed by atoms with van der Waals surface area (Å²) in [4.78, 5) is 8.63. The third kappa shape index (κ3) is 4.74. The molecule has 0 aromatic heterocycles. The molecular weight excluding hydrogens is 114 g/mol. The van der Waals surface area contributed by atoms with Gasteiger partial charge in [0.25, 0.3) is 0 Å². The van der Waals surface area contributed by atoms with Gasteiger partial charge in [-0.3, -0.25) is 0 Å². The van der Waals surface area contributed by atoms with Crippen molar-refractivity contribution in [3.8, 4) is 0 Å². The average molecular weight is 117 g/mol. The van der Waals surface area contributed by atoms with Gasteiger partial charge in [0.05, 0.1) is 12.4 Å². The molecule has 0 aromatic carbocycles. The second-order valence-electron chi connectivity index (χ2n) is 1.04. The Balaban J connectivity index is 3.45. The Bertz CT molecular complexity index is 114. The van der Waals surface area contributed by atoms with Crippen LogP contribution in [0.15, 0.2) is 0 Å². The summed E-state index contributed by atoms with van der Waals surface area (Å²) in [5.74, 6) is -1.44. The zero-order valence-corrected chi connectivity index (χ0v) is 3.86. The Labute approximate surface area is 45.0 Å². The van der Waals surface area contributed by atoms with E-state index < -0.39 is 17.3 Å². The number of carbonyl (C=O) groups excluding carboxylic acids is 1. The third-order valence-corrected chi connectivity index (χ3v) is 0.407. The monoisotopic (exact) mass is 117 g/mol. The molecule has 0 aromatic rings. The summed E-state index contributed by atoms with van der Waals surface area (Å²) in [6, 6.07) is 0. The van der Waals surface area contributed by atoms with Gasteiger partial charge in [-0.1, -0.05) is 0 Å². The van der Waals surface area contributed by atoms with Crippen molar-refractivity contribution >= 4 is 12.2 Å². The smallest absolute Gasteiger partial charge is 0.168 e. The molecule has 0 saturated heterocycles. The van der Waals surface area contributed by atoms with Gasteiger partial charge in [-0.05, 0) is 0 Å². The van der Waals surface area contributed by atoms with Crippen LogP contribution >= 0.6 is 0 Å². The molecule has 0 aliphatic carbocycles. The molecule has 8 heavy (non-hydrogen) atoms. The molecule has 0 amide bonds. The maximum absolute atomic E-state index is 9.46. The Morgan fingerprint density at radius 2 is 2.12 bits per heavy atom. The van der Waals surface area contributed by atoms with E-state index in [2.05, 4.69) is 0 Å². The molecular formula is C3H3NO4-2. The molecule has 0 unspecified atom stereocenters. The predicted octanol–water partition coefficient (Wildman–Crippen LogP) is -1.79. The van der Waals surface area contributed by atoms with Gasteiger partial charge in [0.1, 0.15) is 0 Å². The maximum Gasteiger partial charge on any atom is 0.168 e. The van der Waals surface area contributed by atoms with Crippen LogP contribution in [0.2, 0.25) is 0 Å². The van der Waals surface area contributed by atoms with Crippen molar-refractivity contribution in [1.82, 2.24) is 0 Å². The first kappa shape index (κ1) is 6.74. The number of carboxylic acid groups (broad SMARTS) is 1. The van der Waals surface area contributed by atoms with E-state index in [-0.39, 0.29) is 0 Å². The van der Waals surface area contributed by atoms with Crippen molar-refractivity contribution in [3.63, 3.8) is 0 Å². The van der Waals surface area contributed by atoms with E-state index in [0.29, 0.717) is 6.21 Å². The Hall–Kier alpha value is -1.26. The topological polar surface area (TPSA) is 89.3 Å². The van der Waals surface area contributed by atoms with Gasteiger partial charge in [0.15, 0.2) is 6.21 Å². The Morgan fingerprint density at radius 1 is 1.62 bits per heavy atom. The number of rotatable bonds is 2. The summed E-state index contributed by atoms with van der Waals surface area (Å²) in [7, 11) is 0. The molecule has 0 saturated carbocycles. The molecule has 0 aliphatic heterocycles. The first-order valence-electron chi connectivity index (χ1n) is 1.79. The van der Waals surface area contributed by atoms with Crippen LogP contribution in [0, 0.1) is 10.4 Å². The van der Waals surface area contributed by atoms with Crippen molar-refractivity contribution in [2.45, 2.75) is 6.42 Å². The van der Waals surface area contributed by atoms with Crippen LogP contribution in [0.1, 0.15) is 6.42 Å². The zero-order chi connectivity index (χ0) is 6.57. The number of nitrogens with zero attached hydrogens (tertiary/aromatic N) is 1. The van der Waals surface area contributed by atoms with E-state index in [9.17, 15) is 20.3 Å². The lowest BCUT2D eigenvalue weighted by Crippen LogP contribution is -2.23. The number of hydrogen-bond acceptors (Lipinski definition) is 4. The summed E-state index contributed by atoms with van der Waals surface area (Å²) in [5, 5.41) is 28.2. The fraction of sp³-hybridized carbons (Fsp3) is 0.333. The first-order chi connectivity index (χ1) is 3.63. The summed E-state index contributed by atoms with van der Waals surface area (Å²) in [6.07, 6.45) is -0.206. The molecule has 5 heteroatoms. The zero-order valence-electron chi connectivity index (χ0n) is 3.86. The van der Waals surface area contributed by atoms with Crippen LogP contribution in [-0.4, -0.2) is 17.1 Å². The molecule has 0 N–H and O–H groups in total. The standard InChI is InChI=1S/C3H4NO4/c5-3(6)1-2-4(7)8/h2H,1H2,(H-,5,6,7,8)/q-1/p-1. The molecule has 0 bridgehead atoms. The second kappa shape index (κ2) is 2.84. The van der Waals surface area contributed by atoms with Crippen LogP contribution in [0.4, 0.5) is 0 Å². The lowest BCUT2D eigenvalue weighted by molar-refractivity contribution is -0.375. The highest BCUT2D eigenvalue weighted by atomic mass is 16.8. The van der Waals surface area contributed by atoms with Crippen molar-refractivity contribution < 1.29 is 14.8 Å². The molecule has 0 aliphatic rings. The molecule has 0 radical (unpaired) electrons. The number of carboxylic acids is 1. The number of aliphatic carboxylic acids is 1.